The SMILES string of the molecule is O=C(N[C@H]1CCN(Cc2ccccc2)C[C@@H]1C(=O)O)c1cc(-c2ccc(F)cc2F)on1. The van der Waals surface area contributed by atoms with Gasteiger partial charge in [-0.1, -0.05) is 35.5 Å². The summed E-state index contributed by atoms with van der Waals surface area (Å²) in [6, 6.07) is 13.4. The highest BCUT2D eigenvalue weighted by Crippen LogP contribution is 2.25. The Balaban J connectivity index is 1.42. The van der Waals surface area contributed by atoms with Gasteiger partial charge in [-0.3, -0.25) is 14.5 Å². The van der Waals surface area contributed by atoms with Crippen LogP contribution in [0.5, 0.6) is 0 Å². The number of piperidine rings is 1. The molecule has 2 atom stereocenters. The van der Waals surface area contributed by atoms with Crippen LogP contribution < -0.4 is 5.32 Å². The van der Waals surface area contributed by atoms with Crippen LogP contribution in [-0.4, -0.2) is 46.2 Å². The van der Waals surface area contributed by atoms with Crippen molar-refractivity contribution in [3.05, 3.63) is 77.5 Å². The summed E-state index contributed by atoms with van der Waals surface area (Å²) >= 11 is 0. The van der Waals surface area contributed by atoms with Crippen molar-refractivity contribution in [3.8, 4) is 11.3 Å². The van der Waals surface area contributed by atoms with Crippen LogP contribution in [0, 0.1) is 17.6 Å². The molecule has 7 nitrogen and oxygen atoms in total. The molecule has 2 heterocycles. The Morgan fingerprint density at radius 1 is 1.16 bits per heavy atom. The summed E-state index contributed by atoms with van der Waals surface area (Å²) in [7, 11) is 0. The summed E-state index contributed by atoms with van der Waals surface area (Å²) in [4.78, 5) is 26.5. The minimum absolute atomic E-state index is 0.0277. The van der Waals surface area contributed by atoms with Crippen LogP contribution in [0.25, 0.3) is 11.3 Å². The first-order valence-electron chi connectivity index (χ1n) is 10.1. The smallest absolute Gasteiger partial charge is 0.309 e. The number of carbonyl (C=O) groups excluding carboxylic acids is 1. The summed E-state index contributed by atoms with van der Waals surface area (Å²) in [5, 5.41) is 16.1. The molecular formula is C23H21F2N3O4. The first-order chi connectivity index (χ1) is 15.4. The fraction of sp³-hybridized carbons (Fsp3) is 0.261. The summed E-state index contributed by atoms with van der Waals surface area (Å²) in [5.74, 6) is -4.01. The Bertz CT molecular complexity index is 1120. The average molecular weight is 441 g/mol. The van der Waals surface area contributed by atoms with Crippen molar-refractivity contribution in [2.24, 2.45) is 5.92 Å². The minimum Gasteiger partial charge on any atom is -0.481 e. The van der Waals surface area contributed by atoms with Gasteiger partial charge < -0.3 is 14.9 Å². The first kappa shape index (κ1) is 21.6. The fourth-order valence-electron chi connectivity index (χ4n) is 3.87. The van der Waals surface area contributed by atoms with E-state index in [9.17, 15) is 23.5 Å². The van der Waals surface area contributed by atoms with Crippen molar-refractivity contribution in [1.29, 1.82) is 0 Å². The molecule has 0 radical (unpaired) electrons. The number of hydrogen-bond donors (Lipinski definition) is 2. The third-order valence-electron chi connectivity index (χ3n) is 5.52. The first-order valence-corrected chi connectivity index (χ1v) is 10.1. The van der Waals surface area contributed by atoms with Crippen LogP contribution in [-0.2, 0) is 11.3 Å². The van der Waals surface area contributed by atoms with Crippen LogP contribution in [0.2, 0.25) is 0 Å². The molecule has 1 saturated heterocycles. The summed E-state index contributed by atoms with van der Waals surface area (Å²) in [6.07, 6.45) is 0.451. The number of carbonyl (C=O) groups is 2. The van der Waals surface area contributed by atoms with Gasteiger partial charge in [-0.2, -0.15) is 0 Å². The number of rotatable bonds is 6. The van der Waals surface area contributed by atoms with Gasteiger partial charge >= 0.3 is 5.97 Å². The molecule has 0 aliphatic carbocycles. The number of benzene rings is 2. The van der Waals surface area contributed by atoms with Gasteiger partial charge in [-0.05, 0) is 24.1 Å². The van der Waals surface area contributed by atoms with Gasteiger partial charge in [0.15, 0.2) is 11.5 Å². The lowest BCUT2D eigenvalue weighted by atomic mass is 9.91. The van der Waals surface area contributed by atoms with E-state index in [4.69, 9.17) is 4.52 Å². The number of carboxylic acids is 1. The second-order valence-electron chi connectivity index (χ2n) is 7.73. The maximum atomic E-state index is 14.0. The van der Waals surface area contributed by atoms with E-state index < -0.39 is 35.5 Å². The molecule has 4 rings (SSSR count). The van der Waals surface area contributed by atoms with Gasteiger partial charge in [0.2, 0.25) is 0 Å². The summed E-state index contributed by atoms with van der Waals surface area (Å²) in [5.41, 5.74) is 0.942. The molecule has 0 bridgehead atoms. The quantitative estimate of drug-likeness (QED) is 0.609. The highest BCUT2D eigenvalue weighted by Gasteiger charge is 2.35. The van der Waals surface area contributed by atoms with Gasteiger partial charge in [0.1, 0.15) is 11.6 Å². The molecule has 0 spiro atoms. The molecule has 1 aliphatic rings. The van der Waals surface area contributed by atoms with Crippen LogP contribution in [0.1, 0.15) is 22.5 Å². The van der Waals surface area contributed by atoms with E-state index in [0.29, 0.717) is 32.1 Å². The van der Waals surface area contributed by atoms with Crippen LogP contribution in [0.4, 0.5) is 8.78 Å². The molecule has 166 valence electrons. The summed E-state index contributed by atoms with van der Waals surface area (Å²) in [6.45, 7) is 1.54. The predicted molar refractivity (Wildman–Crippen MR) is 111 cm³/mol. The minimum atomic E-state index is -0.998. The van der Waals surface area contributed by atoms with Gasteiger partial charge in [0, 0.05) is 37.8 Å². The third kappa shape index (κ3) is 4.83. The van der Waals surface area contributed by atoms with E-state index >= 15 is 0 Å². The van der Waals surface area contributed by atoms with Gasteiger partial charge in [-0.25, -0.2) is 8.78 Å². The number of hydrogen-bond acceptors (Lipinski definition) is 5. The van der Waals surface area contributed by atoms with Crippen molar-refractivity contribution in [2.75, 3.05) is 13.1 Å². The highest BCUT2D eigenvalue weighted by molar-refractivity contribution is 5.93. The maximum Gasteiger partial charge on any atom is 0.309 e. The van der Waals surface area contributed by atoms with Gasteiger partial charge in [-0.15, -0.1) is 0 Å². The molecule has 1 aromatic heterocycles. The third-order valence-corrected chi connectivity index (χ3v) is 5.52. The van der Waals surface area contributed by atoms with E-state index in [2.05, 4.69) is 10.5 Å². The second-order valence-corrected chi connectivity index (χ2v) is 7.73. The second kappa shape index (κ2) is 9.27. The van der Waals surface area contributed by atoms with E-state index in [1.807, 2.05) is 35.2 Å². The zero-order valence-corrected chi connectivity index (χ0v) is 17.0. The number of halogens is 2. The van der Waals surface area contributed by atoms with Gasteiger partial charge in [0.05, 0.1) is 11.5 Å². The van der Waals surface area contributed by atoms with Crippen molar-refractivity contribution in [3.63, 3.8) is 0 Å². The van der Waals surface area contributed by atoms with Crippen LogP contribution >= 0.6 is 0 Å². The van der Waals surface area contributed by atoms with Gasteiger partial charge in [0.25, 0.3) is 5.91 Å². The monoisotopic (exact) mass is 441 g/mol. The predicted octanol–water partition coefficient (Wildman–Crippen LogP) is 3.32. The standard InChI is InChI=1S/C23H21F2N3O4/c24-15-6-7-16(18(25)10-15)21-11-20(27-32-21)22(29)26-19-8-9-28(13-17(19)23(30)31)12-14-4-2-1-3-5-14/h1-7,10-11,17,19H,8-9,12-13H2,(H,26,29)(H,30,31)/t17-,19-/m0/s1. The zero-order chi connectivity index (χ0) is 22.7. The number of nitrogens with one attached hydrogen (secondary N) is 1. The van der Waals surface area contributed by atoms with Crippen molar-refractivity contribution >= 4 is 11.9 Å². The number of carboxylic acid groups (broad SMARTS) is 1. The molecule has 2 N–H and O–H groups in total. The Hall–Kier alpha value is -3.59. The topological polar surface area (TPSA) is 95.7 Å². The number of nitrogens with zero attached hydrogens (tertiary/aromatic N) is 2. The number of aromatic nitrogens is 1. The Kier molecular flexibility index (Phi) is 6.27. The zero-order valence-electron chi connectivity index (χ0n) is 17.0. The lowest BCUT2D eigenvalue weighted by molar-refractivity contribution is -0.144. The lowest BCUT2D eigenvalue weighted by Crippen LogP contribution is -2.53. The molecule has 32 heavy (non-hydrogen) atoms. The van der Waals surface area contributed by atoms with Crippen molar-refractivity contribution in [2.45, 2.75) is 19.0 Å². The lowest BCUT2D eigenvalue weighted by Gasteiger charge is -2.36. The van der Waals surface area contributed by atoms with E-state index in [0.717, 1.165) is 11.6 Å². The Morgan fingerprint density at radius 3 is 2.66 bits per heavy atom. The molecule has 1 fully saturated rings. The largest absolute Gasteiger partial charge is 0.481 e. The normalized spacial score (nSPS) is 18.9. The molecule has 0 saturated carbocycles. The molecule has 0 unspecified atom stereocenters. The number of likely N-dealkylation sites (tertiary alicyclic amines) is 1. The highest BCUT2D eigenvalue weighted by atomic mass is 19.1. The number of aliphatic carboxylic acids is 1. The van der Waals surface area contributed by atoms with Crippen LogP contribution in [0.15, 0.2) is 59.1 Å². The molecule has 9 heteroatoms. The van der Waals surface area contributed by atoms with Crippen molar-refractivity contribution < 1.29 is 28.0 Å². The molecule has 3 aromatic rings. The maximum absolute atomic E-state index is 14.0. The van der Waals surface area contributed by atoms with E-state index in [-0.39, 0.29) is 17.0 Å². The Labute approximate surface area is 182 Å². The molecular weight excluding hydrogens is 420 g/mol. The van der Waals surface area contributed by atoms with Crippen LogP contribution in [0.3, 0.4) is 0 Å². The van der Waals surface area contributed by atoms with Crippen molar-refractivity contribution in [1.82, 2.24) is 15.4 Å². The molecule has 1 amide bonds. The van der Waals surface area contributed by atoms with E-state index in [1.165, 1.54) is 12.1 Å². The summed E-state index contributed by atoms with van der Waals surface area (Å²) < 4.78 is 32.1. The Morgan fingerprint density at radius 2 is 1.94 bits per heavy atom. The average Bonchev–Trinajstić information content (AvgIpc) is 3.25. The van der Waals surface area contributed by atoms with E-state index in [1.54, 1.807) is 0 Å². The fourth-order valence-corrected chi connectivity index (χ4v) is 3.87. The molecule has 1 aliphatic heterocycles. The number of amides is 1. The molecule has 2 aromatic carbocycles.